The van der Waals surface area contributed by atoms with Crippen LogP contribution in [0.3, 0.4) is 0 Å². The molecule has 12 heteroatoms. The van der Waals surface area contributed by atoms with Gasteiger partial charge in [-0.1, -0.05) is 59.7 Å². The Balaban J connectivity index is 1.10. The minimum Gasteiger partial charge on any atom is -0.322 e. The smallest absolute Gasteiger partial charge is 0.261 e. The SMILES string of the molecule is Cc1ccc(S(=O)(=O)Nc2cccc(C(=O)Nc3ccc(-c4ccc(NC(=O)c5cccc(NS(=O)(=O)c6ccc(C)cc6)c5)c(C)c4)cc3C)c2)cc1. The van der Waals surface area contributed by atoms with Crippen molar-refractivity contribution in [3.63, 3.8) is 0 Å². The van der Waals surface area contributed by atoms with Crippen molar-refractivity contribution in [2.45, 2.75) is 37.5 Å². The molecule has 0 saturated carbocycles. The zero-order chi connectivity index (χ0) is 38.6. The van der Waals surface area contributed by atoms with Crippen LogP contribution in [-0.2, 0) is 20.0 Å². The van der Waals surface area contributed by atoms with Gasteiger partial charge >= 0.3 is 0 Å². The Morgan fingerprint density at radius 3 is 1.17 bits per heavy atom. The van der Waals surface area contributed by atoms with Crippen LogP contribution in [0, 0.1) is 27.7 Å². The highest BCUT2D eigenvalue weighted by Crippen LogP contribution is 2.29. The normalized spacial score (nSPS) is 11.4. The average Bonchev–Trinajstić information content (AvgIpc) is 3.13. The maximum atomic E-state index is 13.2. The molecule has 0 aliphatic heterocycles. The van der Waals surface area contributed by atoms with Crippen LogP contribution < -0.4 is 20.1 Å². The summed E-state index contributed by atoms with van der Waals surface area (Å²) in [6, 6.07) is 36.8. The first-order chi connectivity index (χ1) is 25.7. The average molecular weight is 759 g/mol. The minimum atomic E-state index is -3.83. The predicted molar refractivity (Wildman–Crippen MR) is 214 cm³/mol. The highest BCUT2D eigenvalue weighted by molar-refractivity contribution is 7.93. The summed E-state index contributed by atoms with van der Waals surface area (Å²) >= 11 is 0. The zero-order valence-electron chi connectivity index (χ0n) is 30.0. The van der Waals surface area contributed by atoms with Crippen LogP contribution in [0.15, 0.2) is 143 Å². The van der Waals surface area contributed by atoms with E-state index in [1.54, 1.807) is 72.8 Å². The molecule has 54 heavy (non-hydrogen) atoms. The van der Waals surface area contributed by atoms with E-state index in [0.29, 0.717) is 11.4 Å². The second-order valence-electron chi connectivity index (χ2n) is 13.0. The molecule has 0 unspecified atom stereocenters. The molecule has 2 amide bonds. The molecule has 10 nitrogen and oxygen atoms in total. The van der Waals surface area contributed by atoms with Gasteiger partial charge in [0.1, 0.15) is 0 Å². The summed E-state index contributed by atoms with van der Waals surface area (Å²) in [6.45, 7) is 7.50. The molecular formula is C42H38N4O6S2. The third kappa shape index (κ3) is 8.85. The zero-order valence-corrected chi connectivity index (χ0v) is 31.6. The van der Waals surface area contributed by atoms with Crippen LogP contribution in [0.25, 0.3) is 11.1 Å². The maximum absolute atomic E-state index is 13.2. The van der Waals surface area contributed by atoms with Crippen molar-refractivity contribution in [2.24, 2.45) is 0 Å². The molecule has 0 aliphatic carbocycles. The van der Waals surface area contributed by atoms with Gasteiger partial charge in [0.05, 0.1) is 9.79 Å². The second-order valence-corrected chi connectivity index (χ2v) is 16.3. The van der Waals surface area contributed by atoms with E-state index in [4.69, 9.17) is 0 Å². The summed E-state index contributed by atoms with van der Waals surface area (Å²) in [7, 11) is -7.67. The molecule has 0 aromatic heterocycles. The minimum absolute atomic E-state index is 0.123. The Hall–Kier alpha value is -6.24. The number of rotatable bonds is 11. The maximum Gasteiger partial charge on any atom is 0.261 e. The van der Waals surface area contributed by atoms with E-state index >= 15 is 0 Å². The van der Waals surface area contributed by atoms with Gasteiger partial charge in [-0.2, -0.15) is 0 Å². The number of hydrogen-bond donors (Lipinski definition) is 4. The summed E-state index contributed by atoms with van der Waals surface area (Å²) in [5.74, 6) is -0.792. The van der Waals surface area contributed by atoms with E-state index < -0.39 is 31.9 Å². The molecule has 0 fully saturated rings. The van der Waals surface area contributed by atoms with Crippen LogP contribution in [-0.4, -0.2) is 28.6 Å². The number of nitrogens with one attached hydrogen (secondary N) is 4. The molecule has 6 aromatic rings. The van der Waals surface area contributed by atoms with Gasteiger partial charge in [-0.25, -0.2) is 16.8 Å². The van der Waals surface area contributed by atoms with Crippen molar-refractivity contribution in [3.05, 3.63) is 167 Å². The van der Waals surface area contributed by atoms with Crippen LogP contribution in [0.2, 0.25) is 0 Å². The van der Waals surface area contributed by atoms with Gasteiger partial charge in [-0.15, -0.1) is 0 Å². The van der Waals surface area contributed by atoms with Gasteiger partial charge in [0, 0.05) is 33.9 Å². The van der Waals surface area contributed by atoms with Crippen LogP contribution >= 0.6 is 0 Å². The standard InChI is InChI=1S/C42H38N4O6S2/c1-27-11-17-37(18-12-27)53(49,50)45-35-9-5-7-33(25-35)41(47)43-39-21-15-31(23-29(39)3)32-16-22-40(30(4)24-32)44-42(48)34-8-6-10-36(26-34)46-54(51,52)38-19-13-28(2)14-20-38/h5-26,45-46H,1-4H3,(H,43,47)(H,44,48). The lowest BCUT2D eigenvalue weighted by molar-refractivity contribution is 0.101. The Bertz CT molecular complexity index is 2420. The van der Waals surface area contributed by atoms with Gasteiger partial charge in [-0.3, -0.25) is 19.0 Å². The molecule has 0 saturated heterocycles. The Morgan fingerprint density at radius 2 is 0.815 bits per heavy atom. The molecule has 0 spiro atoms. The number of amides is 2. The van der Waals surface area contributed by atoms with Crippen molar-refractivity contribution >= 4 is 54.6 Å². The number of benzene rings is 6. The molecule has 0 heterocycles. The van der Waals surface area contributed by atoms with E-state index in [2.05, 4.69) is 20.1 Å². The predicted octanol–water partition coefficient (Wildman–Crippen LogP) is 8.69. The lowest BCUT2D eigenvalue weighted by Crippen LogP contribution is -2.15. The molecule has 4 N–H and O–H groups in total. The lowest BCUT2D eigenvalue weighted by Gasteiger charge is -2.14. The van der Waals surface area contributed by atoms with Crippen LogP contribution in [0.1, 0.15) is 43.0 Å². The van der Waals surface area contributed by atoms with E-state index in [0.717, 1.165) is 33.4 Å². The van der Waals surface area contributed by atoms with Gasteiger partial charge in [-0.05, 0) is 135 Å². The van der Waals surface area contributed by atoms with Crippen molar-refractivity contribution in [1.29, 1.82) is 0 Å². The Labute approximate surface area is 315 Å². The fourth-order valence-corrected chi connectivity index (χ4v) is 7.77. The van der Waals surface area contributed by atoms with Gasteiger partial charge in [0.25, 0.3) is 31.9 Å². The van der Waals surface area contributed by atoms with Gasteiger partial charge in [0.2, 0.25) is 0 Å². The highest BCUT2D eigenvalue weighted by Gasteiger charge is 2.18. The summed E-state index contributed by atoms with van der Waals surface area (Å²) in [4.78, 5) is 26.7. The summed E-state index contributed by atoms with van der Waals surface area (Å²) in [5.41, 5.74) is 7.58. The van der Waals surface area contributed by atoms with E-state index in [-0.39, 0.29) is 32.3 Å². The van der Waals surface area contributed by atoms with E-state index in [1.165, 1.54) is 36.4 Å². The van der Waals surface area contributed by atoms with Crippen molar-refractivity contribution < 1.29 is 26.4 Å². The molecule has 0 bridgehead atoms. The second kappa shape index (κ2) is 15.4. The van der Waals surface area contributed by atoms with E-state index in [9.17, 15) is 26.4 Å². The lowest BCUT2D eigenvalue weighted by atomic mass is 9.99. The molecule has 0 aliphatic rings. The third-order valence-corrected chi connectivity index (χ3v) is 11.5. The number of carbonyl (C=O) groups excluding carboxylic acids is 2. The Kier molecular flexibility index (Phi) is 10.7. The third-order valence-electron chi connectivity index (χ3n) is 8.70. The monoisotopic (exact) mass is 758 g/mol. The molecule has 0 radical (unpaired) electrons. The molecule has 6 aromatic carbocycles. The summed E-state index contributed by atoms with van der Waals surface area (Å²) in [5, 5.41) is 5.83. The summed E-state index contributed by atoms with van der Waals surface area (Å²) in [6.07, 6.45) is 0. The number of carbonyl (C=O) groups is 2. The molecular weight excluding hydrogens is 721 g/mol. The number of sulfonamides is 2. The summed E-state index contributed by atoms with van der Waals surface area (Å²) < 4.78 is 56.6. The number of hydrogen-bond acceptors (Lipinski definition) is 6. The van der Waals surface area contributed by atoms with E-state index in [1.807, 2.05) is 52.0 Å². The van der Waals surface area contributed by atoms with Gasteiger partial charge < -0.3 is 10.6 Å². The number of aryl methyl sites for hydroxylation is 4. The molecule has 0 atom stereocenters. The van der Waals surface area contributed by atoms with Crippen molar-refractivity contribution in [1.82, 2.24) is 0 Å². The molecule has 274 valence electrons. The van der Waals surface area contributed by atoms with Crippen LogP contribution in [0.5, 0.6) is 0 Å². The highest BCUT2D eigenvalue weighted by atomic mass is 32.2. The van der Waals surface area contributed by atoms with Crippen molar-refractivity contribution in [3.8, 4) is 11.1 Å². The first-order valence-corrected chi connectivity index (χ1v) is 19.9. The first kappa shape index (κ1) is 37.5. The fourth-order valence-electron chi connectivity index (χ4n) is 5.67. The van der Waals surface area contributed by atoms with Crippen molar-refractivity contribution in [2.75, 3.05) is 20.1 Å². The largest absolute Gasteiger partial charge is 0.322 e. The number of anilines is 4. The topological polar surface area (TPSA) is 151 Å². The first-order valence-electron chi connectivity index (χ1n) is 16.9. The Morgan fingerprint density at radius 1 is 0.444 bits per heavy atom. The quantitative estimate of drug-likeness (QED) is 0.104. The van der Waals surface area contributed by atoms with Gasteiger partial charge in [0.15, 0.2) is 0 Å². The van der Waals surface area contributed by atoms with Crippen LogP contribution in [0.4, 0.5) is 22.7 Å². The fraction of sp³-hybridized carbons (Fsp3) is 0.0952. The molecule has 6 rings (SSSR count).